The number of piperazine rings is 1. The third-order valence-electron chi connectivity index (χ3n) is 5.76. The zero-order valence-corrected chi connectivity index (χ0v) is 18.3. The smallest absolute Gasteiger partial charge is 0.157 e. The van der Waals surface area contributed by atoms with Gasteiger partial charge in [0, 0.05) is 31.9 Å². The van der Waals surface area contributed by atoms with E-state index in [-0.39, 0.29) is 0 Å². The molecule has 7 nitrogen and oxygen atoms in total. The standard InChI is InChI=1S/C25H29N7/c1-17(26)11-12-20(27)18(2)31-13-15-32(16-14-31)19(3)21-9-6-10-24(28-21)25-29-22-7-4-5-8-23(22)30-25/h4-10,27H,1-3,11-16,26H2,(H,29,30). The number of hydrogen-bond acceptors (Lipinski definition) is 6. The molecule has 0 aliphatic carbocycles. The van der Waals surface area contributed by atoms with E-state index in [1.165, 1.54) is 0 Å². The Balaban J connectivity index is 1.40. The molecule has 0 atom stereocenters. The van der Waals surface area contributed by atoms with Crippen molar-refractivity contribution in [2.24, 2.45) is 5.73 Å². The Hall–Kier alpha value is -3.87. The van der Waals surface area contributed by atoms with Crippen molar-refractivity contribution in [3.63, 3.8) is 0 Å². The van der Waals surface area contributed by atoms with Gasteiger partial charge in [0.2, 0.25) is 0 Å². The first-order chi connectivity index (χ1) is 15.4. The number of H-pyrrole nitrogens is 1. The summed E-state index contributed by atoms with van der Waals surface area (Å²) in [6.07, 6.45) is 1.18. The van der Waals surface area contributed by atoms with Crippen LogP contribution in [-0.2, 0) is 0 Å². The van der Waals surface area contributed by atoms with E-state index < -0.39 is 0 Å². The van der Waals surface area contributed by atoms with Crippen LogP contribution in [-0.4, -0.2) is 56.6 Å². The zero-order chi connectivity index (χ0) is 22.7. The summed E-state index contributed by atoms with van der Waals surface area (Å²) in [7, 11) is 0. The van der Waals surface area contributed by atoms with E-state index in [1.807, 2.05) is 42.5 Å². The minimum atomic E-state index is 0.518. The molecule has 7 heteroatoms. The van der Waals surface area contributed by atoms with Crippen molar-refractivity contribution < 1.29 is 0 Å². The summed E-state index contributed by atoms with van der Waals surface area (Å²) in [5.41, 5.74) is 11.9. The van der Waals surface area contributed by atoms with Crippen LogP contribution in [0.5, 0.6) is 0 Å². The van der Waals surface area contributed by atoms with Gasteiger partial charge < -0.3 is 25.9 Å². The fraction of sp³-hybridized carbons (Fsp3) is 0.240. The Morgan fingerprint density at radius 3 is 2.38 bits per heavy atom. The maximum absolute atomic E-state index is 8.25. The van der Waals surface area contributed by atoms with E-state index >= 15 is 0 Å². The average Bonchev–Trinajstić information content (AvgIpc) is 3.26. The fourth-order valence-corrected chi connectivity index (χ4v) is 3.83. The second-order valence-corrected chi connectivity index (χ2v) is 8.01. The van der Waals surface area contributed by atoms with Gasteiger partial charge in [0.1, 0.15) is 5.69 Å². The van der Waals surface area contributed by atoms with E-state index in [9.17, 15) is 0 Å². The molecule has 3 aromatic rings. The highest BCUT2D eigenvalue weighted by Crippen LogP contribution is 2.23. The van der Waals surface area contributed by atoms with Crippen LogP contribution in [0.2, 0.25) is 0 Å². The molecule has 4 rings (SSSR count). The minimum absolute atomic E-state index is 0.518. The van der Waals surface area contributed by atoms with E-state index in [4.69, 9.17) is 16.1 Å². The van der Waals surface area contributed by atoms with Crippen molar-refractivity contribution in [1.82, 2.24) is 24.8 Å². The first kappa shape index (κ1) is 21.4. The lowest BCUT2D eigenvalue weighted by molar-refractivity contribution is 0.221. The normalized spacial score (nSPS) is 13.9. The van der Waals surface area contributed by atoms with Crippen LogP contribution in [0.3, 0.4) is 0 Å². The van der Waals surface area contributed by atoms with Gasteiger partial charge in [-0.05, 0) is 37.1 Å². The lowest BCUT2D eigenvalue weighted by Gasteiger charge is -2.38. The molecule has 0 unspecified atom stereocenters. The largest absolute Gasteiger partial charge is 0.403 e. The maximum atomic E-state index is 8.25. The van der Waals surface area contributed by atoms with Gasteiger partial charge in [-0.1, -0.05) is 37.9 Å². The number of para-hydroxylation sites is 2. The molecular weight excluding hydrogens is 398 g/mol. The summed E-state index contributed by atoms with van der Waals surface area (Å²) in [6.45, 7) is 15.3. The molecule has 3 heterocycles. The number of nitrogens with one attached hydrogen (secondary N) is 2. The molecule has 164 valence electrons. The van der Waals surface area contributed by atoms with Crippen molar-refractivity contribution in [1.29, 1.82) is 5.41 Å². The van der Waals surface area contributed by atoms with Crippen LogP contribution in [0.25, 0.3) is 28.2 Å². The van der Waals surface area contributed by atoms with Gasteiger partial charge in [-0.15, -0.1) is 0 Å². The molecule has 0 bridgehead atoms. The first-order valence-corrected chi connectivity index (χ1v) is 10.7. The molecule has 1 saturated heterocycles. The highest BCUT2D eigenvalue weighted by Gasteiger charge is 2.22. The van der Waals surface area contributed by atoms with Crippen LogP contribution in [0.4, 0.5) is 0 Å². The lowest BCUT2D eigenvalue weighted by atomic mass is 10.1. The number of imidazole rings is 1. The van der Waals surface area contributed by atoms with Gasteiger partial charge in [-0.3, -0.25) is 0 Å². The summed E-state index contributed by atoms with van der Waals surface area (Å²) >= 11 is 0. The number of aromatic amines is 1. The molecule has 1 fully saturated rings. The van der Waals surface area contributed by atoms with Gasteiger partial charge in [0.15, 0.2) is 5.82 Å². The quantitative estimate of drug-likeness (QED) is 0.472. The molecule has 32 heavy (non-hydrogen) atoms. The van der Waals surface area contributed by atoms with Crippen molar-refractivity contribution in [2.45, 2.75) is 12.8 Å². The monoisotopic (exact) mass is 427 g/mol. The SMILES string of the molecule is C=C(N)CCC(=N)C(=C)N1CCN(C(=C)c2cccc(-c3nc4ccccc4[nH]3)n2)CC1. The zero-order valence-electron chi connectivity index (χ0n) is 18.3. The van der Waals surface area contributed by atoms with Gasteiger partial charge in [0.05, 0.1) is 33.8 Å². The van der Waals surface area contributed by atoms with E-state index in [1.54, 1.807) is 0 Å². The Kier molecular flexibility index (Phi) is 6.07. The number of aromatic nitrogens is 3. The molecule has 1 aromatic carbocycles. The number of pyridine rings is 1. The second kappa shape index (κ2) is 9.09. The highest BCUT2D eigenvalue weighted by atomic mass is 15.3. The number of rotatable bonds is 8. The lowest BCUT2D eigenvalue weighted by Crippen LogP contribution is -2.45. The van der Waals surface area contributed by atoms with Crippen molar-refractivity contribution in [2.75, 3.05) is 26.2 Å². The molecular formula is C25H29N7. The van der Waals surface area contributed by atoms with Gasteiger partial charge >= 0.3 is 0 Å². The summed E-state index contributed by atoms with van der Waals surface area (Å²) in [5.74, 6) is 0.751. The predicted molar refractivity (Wildman–Crippen MR) is 131 cm³/mol. The number of nitrogens with two attached hydrogens (primary N) is 1. The van der Waals surface area contributed by atoms with Gasteiger partial charge in [0.25, 0.3) is 0 Å². The molecule has 4 N–H and O–H groups in total. The van der Waals surface area contributed by atoms with Gasteiger partial charge in [-0.2, -0.15) is 0 Å². The highest BCUT2D eigenvalue weighted by molar-refractivity contribution is 5.96. The number of fused-ring (bicyclic) bond motifs is 1. The minimum Gasteiger partial charge on any atom is -0.403 e. The second-order valence-electron chi connectivity index (χ2n) is 8.01. The van der Waals surface area contributed by atoms with Crippen molar-refractivity contribution in [3.05, 3.63) is 79.3 Å². The number of hydrogen-bond donors (Lipinski definition) is 3. The molecule has 0 radical (unpaired) electrons. The topological polar surface area (TPSA) is 97.9 Å². The Morgan fingerprint density at radius 2 is 1.66 bits per heavy atom. The third-order valence-corrected chi connectivity index (χ3v) is 5.76. The van der Waals surface area contributed by atoms with E-state index in [2.05, 4.69) is 39.5 Å². The van der Waals surface area contributed by atoms with E-state index in [0.29, 0.717) is 24.3 Å². The fourth-order valence-electron chi connectivity index (χ4n) is 3.83. The molecule has 0 amide bonds. The van der Waals surface area contributed by atoms with Crippen molar-refractivity contribution >= 4 is 22.4 Å². The van der Waals surface area contributed by atoms with E-state index in [0.717, 1.165) is 65.8 Å². The molecule has 2 aromatic heterocycles. The first-order valence-electron chi connectivity index (χ1n) is 10.7. The van der Waals surface area contributed by atoms with Gasteiger partial charge in [-0.25, -0.2) is 9.97 Å². The maximum Gasteiger partial charge on any atom is 0.157 e. The molecule has 0 spiro atoms. The van der Waals surface area contributed by atoms with Crippen molar-refractivity contribution in [3.8, 4) is 11.5 Å². The number of allylic oxidation sites excluding steroid dienone is 2. The average molecular weight is 428 g/mol. The Morgan fingerprint density at radius 1 is 0.938 bits per heavy atom. The summed E-state index contributed by atoms with van der Waals surface area (Å²) in [6, 6.07) is 13.9. The summed E-state index contributed by atoms with van der Waals surface area (Å²) < 4.78 is 0. The summed E-state index contributed by atoms with van der Waals surface area (Å²) in [4.78, 5) is 17.2. The van der Waals surface area contributed by atoms with Crippen LogP contribution < -0.4 is 5.73 Å². The predicted octanol–water partition coefficient (Wildman–Crippen LogP) is 4.00. The third kappa shape index (κ3) is 4.56. The Labute approximate surface area is 188 Å². The van der Waals surface area contributed by atoms with Crippen LogP contribution in [0, 0.1) is 5.41 Å². The Bertz CT molecular complexity index is 1150. The molecule has 1 aliphatic heterocycles. The molecule has 1 aliphatic rings. The van der Waals surface area contributed by atoms with Crippen LogP contribution in [0.1, 0.15) is 18.5 Å². The van der Waals surface area contributed by atoms with Crippen LogP contribution in [0.15, 0.2) is 73.6 Å². The number of benzene rings is 1. The molecule has 0 saturated carbocycles. The summed E-state index contributed by atoms with van der Waals surface area (Å²) in [5, 5.41) is 8.25. The van der Waals surface area contributed by atoms with Crippen LogP contribution >= 0.6 is 0 Å². The number of nitrogens with zero attached hydrogens (tertiary/aromatic N) is 4.